The Morgan fingerprint density at radius 3 is 2.71 bits per heavy atom. The highest BCUT2D eigenvalue weighted by atomic mass is 16.5. The number of rotatable bonds is 8. The predicted molar refractivity (Wildman–Crippen MR) is 86.1 cm³/mol. The Morgan fingerprint density at radius 1 is 1.19 bits per heavy atom. The molecule has 1 aromatic heterocycles. The number of allylic oxidation sites excluding steroid dienone is 4. The summed E-state index contributed by atoms with van der Waals surface area (Å²) in [5.74, 6) is 1.06. The smallest absolute Gasteiger partial charge is 0.0963 e. The molecule has 0 saturated heterocycles. The number of nitrogens with zero attached hydrogens (tertiary/aromatic N) is 1. The van der Waals surface area contributed by atoms with Gasteiger partial charge in [-0.25, -0.2) is 0 Å². The van der Waals surface area contributed by atoms with Gasteiger partial charge in [0, 0.05) is 33.1 Å². The molecule has 21 heavy (non-hydrogen) atoms. The lowest BCUT2D eigenvalue weighted by Crippen LogP contribution is -2.03. The van der Waals surface area contributed by atoms with Crippen LogP contribution >= 0.6 is 0 Å². The van der Waals surface area contributed by atoms with Gasteiger partial charge in [-0.2, -0.15) is 0 Å². The fourth-order valence-electron chi connectivity index (χ4n) is 2.19. The van der Waals surface area contributed by atoms with E-state index in [9.17, 15) is 0 Å². The van der Waals surface area contributed by atoms with Crippen LogP contribution in [0.2, 0.25) is 0 Å². The minimum atomic E-state index is 0.726. The van der Waals surface area contributed by atoms with Gasteiger partial charge in [0.1, 0.15) is 0 Å². The molecule has 0 bridgehead atoms. The quantitative estimate of drug-likeness (QED) is 0.742. The SMILES string of the molecule is CCOCCCOC1=CC=C(c2ccc(NC)cn2)CC1. The topological polar surface area (TPSA) is 43.4 Å². The van der Waals surface area contributed by atoms with Gasteiger partial charge >= 0.3 is 0 Å². The standard InChI is InChI=1S/C17H24N2O2/c1-3-20-11-4-12-21-16-8-5-14(6-9-16)17-10-7-15(18-2)13-19-17/h5,7-8,10,13,18H,3-4,6,9,11-12H2,1-2H3. The second kappa shape index (κ2) is 8.47. The zero-order valence-corrected chi connectivity index (χ0v) is 12.9. The van der Waals surface area contributed by atoms with E-state index >= 15 is 0 Å². The van der Waals surface area contributed by atoms with Crippen LogP contribution < -0.4 is 5.32 Å². The molecule has 0 radical (unpaired) electrons. The summed E-state index contributed by atoms with van der Waals surface area (Å²) in [5, 5.41) is 3.08. The molecule has 0 spiro atoms. The third-order valence-corrected chi connectivity index (χ3v) is 3.42. The summed E-state index contributed by atoms with van der Waals surface area (Å²) in [6, 6.07) is 4.10. The highest BCUT2D eigenvalue weighted by molar-refractivity contribution is 5.66. The van der Waals surface area contributed by atoms with Crippen molar-refractivity contribution < 1.29 is 9.47 Å². The molecule has 0 fully saturated rings. The van der Waals surface area contributed by atoms with Crippen molar-refractivity contribution in [3.63, 3.8) is 0 Å². The van der Waals surface area contributed by atoms with Crippen molar-refractivity contribution in [1.29, 1.82) is 0 Å². The van der Waals surface area contributed by atoms with Crippen molar-refractivity contribution in [1.82, 2.24) is 4.98 Å². The number of anilines is 1. The third-order valence-electron chi connectivity index (χ3n) is 3.42. The molecule has 4 nitrogen and oxygen atoms in total. The molecule has 4 heteroatoms. The Labute approximate surface area is 126 Å². The van der Waals surface area contributed by atoms with Crippen LogP contribution in [0.3, 0.4) is 0 Å². The van der Waals surface area contributed by atoms with E-state index in [2.05, 4.69) is 28.5 Å². The van der Waals surface area contributed by atoms with Crippen LogP contribution in [0.5, 0.6) is 0 Å². The van der Waals surface area contributed by atoms with Gasteiger partial charge in [0.05, 0.1) is 29.9 Å². The van der Waals surface area contributed by atoms with Crippen LogP contribution in [0.1, 0.15) is 31.9 Å². The molecule has 0 amide bonds. The number of aromatic nitrogens is 1. The van der Waals surface area contributed by atoms with Crippen molar-refractivity contribution in [2.24, 2.45) is 0 Å². The van der Waals surface area contributed by atoms with Gasteiger partial charge < -0.3 is 14.8 Å². The molecule has 0 aromatic carbocycles. The molecule has 1 aliphatic rings. The first kappa shape index (κ1) is 15.6. The third kappa shape index (κ3) is 4.90. The maximum absolute atomic E-state index is 5.76. The highest BCUT2D eigenvalue weighted by Crippen LogP contribution is 2.26. The minimum absolute atomic E-state index is 0.726. The Bertz CT molecular complexity index is 492. The lowest BCUT2D eigenvalue weighted by molar-refractivity contribution is 0.113. The average Bonchev–Trinajstić information content (AvgIpc) is 2.55. The summed E-state index contributed by atoms with van der Waals surface area (Å²) in [6.45, 7) is 4.28. The van der Waals surface area contributed by atoms with Crippen molar-refractivity contribution in [3.8, 4) is 0 Å². The average molecular weight is 288 g/mol. The Hall–Kier alpha value is -1.81. The van der Waals surface area contributed by atoms with Crippen molar-refractivity contribution in [2.45, 2.75) is 26.2 Å². The van der Waals surface area contributed by atoms with Crippen LogP contribution in [0.25, 0.3) is 5.57 Å². The maximum atomic E-state index is 5.76. The van der Waals surface area contributed by atoms with Crippen molar-refractivity contribution in [3.05, 3.63) is 41.9 Å². The summed E-state index contributed by atoms with van der Waals surface area (Å²) in [5.41, 5.74) is 3.34. The number of hydrogen-bond acceptors (Lipinski definition) is 4. The fourth-order valence-corrected chi connectivity index (χ4v) is 2.19. The molecule has 0 saturated carbocycles. The van der Waals surface area contributed by atoms with Gasteiger partial charge in [-0.15, -0.1) is 0 Å². The molecule has 1 heterocycles. The summed E-state index contributed by atoms with van der Waals surface area (Å²) in [6.07, 6.45) is 8.89. The Morgan fingerprint density at radius 2 is 2.10 bits per heavy atom. The Balaban J connectivity index is 1.84. The number of nitrogens with one attached hydrogen (secondary N) is 1. The summed E-state index contributed by atoms with van der Waals surface area (Å²) in [4.78, 5) is 4.48. The molecule has 1 aliphatic carbocycles. The van der Waals surface area contributed by atoms with E-state index in [1.54, 1.807) is 0 Å². The van der Waals surface area contributed by atoms with Crippen LogP contribution in [0.4, 0.5) is 5.69 Å². The lowest BCUT2D eigenvalue weighted by Gasteiger charge is -2.15. The van der Waals surface area contributed by atoms with Gasteiger partial charge in [0.15, 0.2) is 0 Å². The van der Waals surface area contributed by atoms with E-state index in [0.717, 1.165) is 56.2 Å². The molecule has 0 aliphatic heterocycles. The van der Waals surface area contributed by atoms with Crippen LogP contribution in [-0.2, 0) is 9.47 Å². The van der Waals surface area contributed by atoms with Crippen LogP contribution in [0.15, 0.2) is 36.2 Å². The van der Waals surface area contributed by atoms with E-state index < -0.39 is 0 Å². The monoisotopic (exact) mass is 288 g/mol. The summed E-state index contributed by atoms with van der Waals surface area (Å²) in [7, 11) is 1.90. The lowest BCUT2D eigenvalue weighted by atomic mass is 10.0. The molecular formula is C17H24N2O2. The molecule has 0 atom stereocenters. The molecular weight excluding hydrogens is 264 g/mol. The van der Waals surface area contributed by atoms with Gasteiger partial charge in [-0.1, -0.05) is 6.08 Å². The first-order chi connectivity index (χ1) is 10.3. The first-order valence-corrected chi connectivity index (χ1v) is 7.58. The summed E-state index contributed by atoms with van der Waals surface area (Å²) < 4.78 is 11.0. The fraction of sp³-hybridized carbons (Fsp3) is 0.471. The van der Waals surface area contributed by atoms with E-state index in [0.29, 0.717) is 0 Å². The number of hydrogen-bond donors (Lipinski definition) is 1. The second-order valence-corrected chi connectivity index (χ2v) is 4.91. The van der Waals surface area contributed by atoms with Gasteiger partial charge in [0.2, 0.25) is 0 Å². The second-order valence-electron chi connectivity index (χ2n) is 4.91. The van der Waals surface area contributed by atoms with E-state index in [1.165, 1.54) is 5.57 Å². The first-order valence-electron chi connectivity index (χ1n) is 7.58. The molecule has 0 unspecified atom stereocenters. The van der Waals surface area contributed by atoms with Crippen LogP contribution in [0, 0.1) is 0 Å². The predicted octanol–water partition coefficient (Wildman–Crippen LogP) is 3.63. The number of ether oxygens (including phenoxy) is 2. The minimum Gasteiger partial charge on any atom is -0.498 e. The zero-order valence-electron chi connectivity index (χ0n) is 12.9. The molecule has 1 N–H and O–H groups in total. The van der Waals surface area contributed by atoms with Gasteiger partial charge in [0.25, 0.3) is 0 Å². The summed E-state index contributed by atoms with van der Waals surface area (Å²) >= 11 is 0. The van der Waals surface area contributed by atoms with Crippen LogP contribution in [-0.4, -0.2) is 31.9 Å². The number of pyridine rings is 1. The molecule has 114 valence electrons. The van der Waals surface area contributed by atoms with Gasteiger partial charge in [-0.3, -0.25) is 4.98 Å². The largest absolute Gasteiger partial charge is 0.498 e. The van der Waals surface area contributed by atoms with E-state index in [1.807, 2.05) is 26.2 Å². The Kier molecular flexibility index (Phi) is 6.28. The van der Waals surface area contributed by atoms with Crippen molar-refractivity contribution >= 4 is 11.3 Å². The van der Waals surface area contributed by atoms with E-state index in [-0.39, 0.29) is 0 Å². The highest BCUT2D eigenvalue weighted by Gasteiger charge is 2.10. The van der Waals surface area contributed by atoms with Crippen molar-refractivity contribution in [2.75, 3.05) is 32.2 Å². The van der Waals surface area contributed by atoms with E-state index in [4.69, 9.17) is 9.47 Å². The zero-order chi connectivity index (χ0) is 14.9. The maximum Gasteiger partial charge on any atom is 0.0963 e. The normalized spacial score (nSPS) is 14.4. The molecule has 2 rings (SSSR count). The van der Waals surface area contributed by atoms with Gasteiger partial charge in [-0.05, 0) is 37.1 Å². The molecule has 1 aromatic rings.